The van der Waals surface area contributed by atoms with Gasteiger partial charge in [0.05, 0.1) is 25.1 Å². The topological polar surface area (TPSA) is 215 Å². The highest BCUT2D eigenvalue weighted by molar-refractivity contribution is 7.51. The zero-order valence-corrected chi connectivity index (χ0v) is 17.3. The number of H-pyrrole nitrogens is 2. The Kier molecular flexibility index (Phi) is 6.89. The first kappa shape index (κ1) is 23.1. The van der Waals surface area contributed by atoms with Crippen LogP contribution >= 0.6 is 7.75 Å². The van der Waals surface area contributed by atoms with Crippen LogP contribution in [0.2, 0.25) is 0 Å². The molecule has 0 aliphatic carbocycles. The zero-order valence-electron chi connectivity index (χ0n) is 16.4. The van der Waals surface area contributed by atoms with E-state index in [0.717, 1.165) is 4.57 Å². The van der Waals surface area contributed by atoms with Crippen LogP contribution in [-0.4, -0.2) is 60.3 Å². The van der Waals surface area contributed by atoms with Crippen molar-refractivity contribution in [1.29, 1.82) is 0 Å². The first-order valence-electron chi connectivity index (χ1n) is 9.23. The van der Waals surface area contributed by atoms with Crippen LogP contribution in [0.25, 0.3) is 0 Å². The van der Waals surface area contributed by atoms with Crippen LogP contribution in [0.1, 0.15) is 23.9 Å². The summed E-state index contributed by atoms with van der Waals surface area (Å²) in [6, 6.07) is -1.13. The molecular formula is C16H23N6O8P. The summed E-state index contributed by atoms with van der Waals surface area (Å²) in [6.07, 6.45) is 1.11. The molecule has 2 aromatic heterocycles. The van der Waals surface area contributed by atoms with Crippen molar-refractivity contribution in [1.82, 2.24) is 24.6 Å². The maximum Gasteiger partial charge on any atom is 0.432 e. The molecule has 0 spiro atoms. The number of aromatic amines is 2. The van der Waals surface area contributed by atoms with Crippen LogP contribution in [-0.2, 0) is 25.0 Å². The number of nitrogens with zero attached hydrogens (tertiary/aromatic N) is 2. The summed E-state index contributed by atoms with van der Waals surface area (Å²) < 4.78 is 23.7. The lowest BCUT2D eigenvalue weighted by molar-refractivity contribution is -0.121. The molecule has 31 heavy (non-hydrogen) atoms. The van der Waals surface area contributed by atoms with Gasteiger partial charge in [-0.15, -0.1) is 0 Å². The zero-order chi connectivity index (χ0) is 22.8. The third kappa shape index (κ3) is 5.76. The number of amides is 1. The van der Waals surface area contributed by atoms with Gasteiger partial charge in [0.2, 0.25) is 5.91 Å². The quantitative estimate of drug-likeness (QED) is 0.240. The van der Waals surface area contributed by atoms with E-state index < -0.39 is 56.0 Å². The highest BCUT2D eigenvalue weighted by atomic mass is 31.2. The fourth-order valence-corrected chi connectivity index (χ4v) is 3.85. The van der Waals surface area contributed by atoms with Crippen LogP contribution < -0.4 is 22.1 Å². The number of carbonyl (C=O) groups is 1. The normalized spacial score (nSPS) is 23.9. The van der Waals surface area contributed by atoms with E-state index in [1.54, 1.807) is 0 Å². The van der Waals surface area contributed by atoms with Gasteiger partial charge in [-0.25, -0.2) is 14.3 Å². The van der Waals surface area contributed by atoms with Gasteiger partial charge in [-0.1, -0.05) is 0 Å². The summed E-state index contributed by atoms with van der Waals surface area (Å²) in [6.45, 7) is 0.959. The number of hydrogen-bond acceptors (Lipinski definition) is 9. The van der Waals surface area contributed by atoms with E-state index in [9.17, 15) is 28.9 Å². The summed E-state index contributed by atoms with van der Waals surface area (Å²) >= 11 is 0. The molecule has 1 fully saturated rings. The van der Waals surface area contributed by atoms with Crippen molar-refractivity contribution in [3.8, 4) is 0 Å². The van der Waals surface area contributed by atoms with Crippen molar-refractivity contribution in [2.45, 2.75) is 44.2 Å². The molecule has 15 heteroatoms. The van der Waals surface area contributed by atoms with E-state index in [-0.39, 0.29) is 18.4 Å². The summed E-state index contributed by atoms with van der Waals surface area (Å²) in [5.74, 6) is -0.915. The van der Waals surface area contributed by atoms with Crippen LogP contribution in [0.15, 0.2) is 28.3 Å². The number of aromatic nitrogens is 4. The monoisotopic (exact) mass is 458 g/mol. The number of carbonyl (C=O) groups excluding carboxylic acids is 1. The Bertz CT molecular complexity index is 1080. The van der Waals surface area contributed by atoms with Crippen LogP contribution in [0.3, 0.4) is 0 Å². The highest BCUT2D eigenvalue weighted by Crippen LogP contribution is 2.38. The van der Waals surface area contributed by atoms with Gasteiger partial charge in [0.25, 0.3) is 5.56 Å². The highest BCUT2D eigenvalue weighted by Gasteiger charge is 2.38. The average molecular weight is 458 g/mol. The van der Waals surface area contributed by atoms with Gasteiger partial charge in [0.1, 0.15) is 12.3 Å². The van der Waals surface area contributed by atoms with Gasteiger partial charge in [0, 0.05) is 36.5 Å². The maximum absolute atomic E-state index is 12.2. The van der Waals surface area contributed by atoms with Crippen LogP contribution in [0.5, 0.6) is 0 Å². The van der Waals surface area contributed by atoms with E-state index in [1.165, 1.54) is 25.6 Å². The molecule has 0 saturated carbocycles. The summed E-state index contributed by atoms with van der Waals surface area (Å²) in [7, 11) is -4.60. The fourth-order valence-electron chi connectivity index (χ4n) is 2.99. The van der Waals surface area contributed by atoms with E-state index in [4.69, 9.17) is 15.0 Å². The third-order valence-electron chi connectivity index (χ3n) is 4.66. The lowest BCUT2D eigenvalue weighted by Gasteiger charge is -2.20. The first-order chi connectivity index (χ1) is 14.6. The summed E-state index contributed by atoms with van der Waals surface area (Å²) in [5.41, 5.74) is 5.28. The Morgan fingerprint density at radius 2 is 2.29 bits per heavy atom. The Hall–Kier alpha value is -2.61. The standard InChI is InChI=1S/C16H23N6O8P/c1-8-5-22(16(26)20-14(8)24)13-3-11(23)12(30-13)6-29-31(27,28)21-15(25)10(17)2-9-4-18-7-19-9/h4-5,7,10-13,23H,2-3,6,17H2,1H3,(H,18,19)(H,20,24,26)(H2,21,25,27,28)/t10-,11-,12+,13-/m0/s1. The Balaban J connectivity index is 1.55. The lowest BCUT2D eigenvalue weighted by Crippen LogP contribution is -2.41. The van der Waals surface area contributed by atoms with Crippen LogP contribution in [0.4, 0.5) is 0 Å². The van der Waals surface area contributed by atoms with Gasteiger partial charge in [-0.3, -0.25) is 28.8 Å². The molecule has 0 radical (unpaired) electrons. The maximum atomic E-state index is 12.2. The van der Waals surface area contributed by atoms with E-state index in [2.05, 4.69) is 15.0 Å². The molecule has 3 heterocycles. The molecule has 0 aromatic carbocycles. The first-order valence-corrected chi connectivity index (χ1v) is 10.8. The molecule has 3 rings (SSSR count). The minimum Gasteiger partial charge on any atom is -0.390 e. The molecule has 170 valence electrons. The van der Waals surface area contributed by atoms with Gasteiger partial charge in [-0.05, 0) is 6.92 Å². The average Bonchev–Trinajstić information content (AvgIpc) is 3.32. The van der Waals surface area contributed by atoms with E-state index >= 15 is 0 Å². The number of rotatable bonds is 8. The van der Waals surface area contributed by atoms with Gasteiger partial charge in [-0.2, -0.15) is 0 Å². The predicted molar refractivity (Wildman–Crippen MR) is 105 cm³/mol. The number of nitrogens with two attached hydrogens (primary N) is 1. The van der Waals surface area contributed by atoms with Crippen molar-refractivity contribution < 1.29 is 28.6 Å². The van der Waals surface area contributed by atoms with Crippen molar-refractivity contribution in [3.63, 3.8) is 0 Å². The molecule has 1 unspecified atom stereocenters. The molecule has 1 aliphatic heterocycles. The van der Waals surface area contributed by atoms with E-state index in [0.29, 0.717) is 5.69 Å². The fraction of sp³-hybridized carbons (Fsp3) is 0.500. The lowest BCUT2D eigenvalue weighted by atomic mass is 10.2. The Morgan fingerprint density at radius 1 is 1.55 bits per heavy atom. The second kappa shape index (κ2) is 9.26. The summed E-state index contributed by atoms with van der Waals surface area (Å²) in [5, 5.41) is 12.0. The van der Waals surface area contributed by atoms with Gasteiger partial charge in [0.15, 0.2) is 0 Å². The van der Waals surface area contributed by atoms with Gasteiger partial charge >= 0.3 is 13.4 Å². The molecule has 0 bridgehead atoms. The van der Waals surface area contributed by atoms with Crippen molar-refractivity contribution in [3.05, 3.63) is 50.8 Å². The molecule has 7 N–H and O–H groups in total. The molecule has 2 aromatic rings. The molecular weight excluding hydrogens is 435 g/mol. The Labute approximate surface area is 175 Å². The third-order valence-corrected chi connectivity index (χ3v) is 5.66. The smallest absolute Gasteiger partial charge is 0.390 e. The van der Waals surface area contributed by atoms with E-state index in [1.807, 2.05) is 5.09 Å². The van der Waals surface area contributed by atoms with Crippen molar-refractivity contribution in [2.24, 2.45) is 5.73 Å². The number of aliphatic hydroxyl groups excluding tert-OH is 1. The number of hydrogen-bond donors (Lipinski definition) is 6. The van der Waals surface area contributed by atoms with Gasteiger partial charge < -0.3 is 25.5 Å². The second-order valence-corrected chi connectivity index (χ2v) is 8.61. The number of aliphatic hydroxyl groups is 1. The minimum absolute atomic E-state index is 0.0173. The van der Waals surface area contributed by atoms with Crippen molar-refractivity contribution >= 4 is 13.7 Å². The summed E-state index contributed by atoms with van der Waals surface area (Å²) in [4.78, 5) is 54.1. The largest absolute Gasteiger partial charge is 0.432 e. The van der Waals surface area contributed by atoms with Crippen molar-refractivity contribution in [2.75, 3.05) is 6.61 Å². The Morgan fingerprint density at radius 3 is 2.97 bits per heavy atom. The molecule has 14 nitrogen and oxygen atoms in total. The molecule has 1 saturated heterocycles. The number of ether oxygens (including phenoxy) is 1. The predicted octanol–water partition coefficient (Wildman–Crippen LogP) is -1.98. The minimum atomic E-state index is -4.60. The number of aryl methyl sites for hydroxylation is 1. The molecule has 5 atom stereocenters. The second-order valence-electron chi connectivity index (χ2n) is 7.09. The number of imidazole rings is 1. The SMILES string of the molecule is Cc1cn([C@@H]2C[C@H](O)[C@@H](COP(=O)(O)NC(=O)[C@@H](N)Cc3cnc[nH]3)O2)c(=O)[nH]c1=O. The molecule has 1 amide bonds. The van der Waals surface area contributed by atoms with Crippen LogP contribution in [0, 0.1) is 6.92 Å². The number of nitrogens with one attached hydrogen (secondary N) is 3. The molecule has 1 aliphatic rings.